The lowest BCUT2D eigenvalue weighted by atomic mass is 10.2. The van der Waals surface area contributed by atoms with Gasteiger partial charge in [0, 0.05) is 38.8 Å². The molecule has 0 atom stereocenters. The average molecular weight is 427 g/mol. The van der Waals surface area contributed by atoms with Crippen LogP contribution < -0.4 is 19.1 Å². The zero-order valence-corrected chi connectivity index (χ0v) is 17.9. The molecule has 1 aromatic carbocycles. The highest BCUT2D eigenvalue weighted by atomic mass is 32.2. The third-order valence-corrected chi connectivity index (χ3v) is 6.94. The Morgan fingerprint density at radius 2 is 1.90 bits per heavy atom. The molecule has 0 radical (unpaired) electrons. The number of carbonyl (C=O) groups is 1. The smallest absolute Gasteiger partial charge is 0.240 e. The minimum Gasteiger partial charge on any atom is -0.454 e. The fraction of sp³-hybridized carbons (Fsp3) is 0.632. The molecule has 2 heterocycles. The van der Waals surface area contributed by atoms with E-state index in [1.54, 1.807) is 25.1 Å². The van der Waals surface area contributed by atoms with E-state index < -0.39 is 10.0 Å². The number of nitrogens with one attached hydrogen (secondary N) is 1. The minimum absolute atomic E-state index is 0.0991. The summed E-state index contributed by atoms with van der Waals surface area (Å²) in [5, 5.41) is 2.84. The molecule has 10 heteroatoms. The van der Waals surface area contributed by atoms with Crippen molar-refractivity contribution in [1.82, 2.24) is 15.1 Å². The van der Waals surface area contributed by atoms with Crippen LogP contribution >= 0.6 is 0 Å². The Kier molecular flexibility index (Phi) is 7.20. The zero-order chi connectivity index (χ0) is 20.9. The minimum atomic E-state index is -3.62. The summed E-state index contributed by atoms with van der Waals surface area (Å²) in [6.07, 6.45) is 0.833. The van der Waals surface area contributed by atoms with Gasteiger partial charge in [0.15, 0.2) is 11.5 Å². The van der Waals surface area contributed by atoms with Gasteiger partial charge in [-0.15, -0.1) is 0 Å². The number of carbonyl (C=O) groups excluding carboxylic acids is 1. The van der Waals surface area contributed by atoms with Crippen LogP contribution in [0.1, 0.15) is 13.3 Å². The Labute approximate surface area is 172 Å². The van der Waals surface area contributed by atoms with Crippen LogP contribution in [-0.2, 0) is 14.8 Å². The number of anilines is 1. The molecule has 1 fully saturated rings. The zero-order valence-electron chi connectivity index (χ0n) is 17.1. The average Bonchev–Trinajstić information content (AvgIpc) is 3.18. The lowest BCUT2D eigenvalue weighted by Crippen LogP contribution is -2.45. The summed E-state index contributed by atoms with van der Waals surface area (Å²) in [6, 6.07) is 4.88. The van der Waals surface area contributed by atoms with E-state index >= 15 is 0 Å². The highest BCUT2D eigenvalue weighted by Gasteiger charge is 2.25. The molecule has 0 saturated carbocycles. The van der Waals surface area contributed by atoms with E-state index in [0.717, 1.165) is 43.4 Å². The summed E-state index contributed by atoms with van der Waals surface area (Å²) < 4.78 is 36.9. The van der Waals surface area contributed by atoms with Gasteiger partial charge in [-0.1, -0.05) is 0 Å². The van der Waals surface area contributed by atoms with Crippen molar-refractivity contribution < 1.29 is 22.7 Å². The maximum absolute atomic E-state index is 12.6. The molecule has 0 aliphatic carbocycles. The van der Waals surface area contributed by atoms with Crippen molar-refractivity contribution in [2.75, 3.05) is 69.7 Å². The fourth-order valence-electron chi connectivity index (χ4n) is 3.33. The lowest BCUT2D eigenvalue weighted by Gasteiger charge is -2.32. The number of ether oxygens (including phenoxy) is 2. The van der Waals surface area contributed by atoms with Crippen LogP contribution in [0.3, 0.4) is 0 Å². The van der Waals surface area contributed by atoms with Crippen LogP contribution in [0.5, 0.6) is 11.5 Å². The molecular formula is C19H30N4O5S. The molecule has 162 valence electrons. The molecule has 1 N–H and O–H groups in total. The van der Waals surface area contributed by atoms with E-state index in [4.69, 9.17) is 9.47 Å². The second-order valence-corrected chi connectivity index (χ2v) is 9.48. The number of nitrogens with zero attached hydrogens (tertiary/aromatic N) is 3. The monoisotopic (exact) mass is 426 g/mol. The first-order valence-electron chi connectivity index (χ1n) is 9.96. The van der Waals surface area contributed by atoms with Gasteiger partial charge in [-0.3, -0.25) is 9.10 Å². The molecule has 0 bridgehead atoms. The summed E-state index contributed by atoms with van der Waals surface area (Å²) in [4.78, 5) is 17.1. The van der Waals surface area contributed by atoms with Crippen molar-refractivity contribution >= 4 is 21.6 Å². The molecule has 1 saturated heterocycles. The molecular weight excluding hydrogens is 396 g/mol. The summed E-state index contributed by atoms with van der Waals surface area (Å²) in [7, 11) is -1.50. The van der Waals surface area contributed by atoms with Crippen LogP contribution in [0, 0.1) is 0 Å². The summed E-state index contributed by atoms with van der Waals surface area (Å²) in [5.41, 5.74) is 0.392. The Morgan fingerprint density at radius 1 is 1.17 bits per heavy atom. The van der Waals surface area contributed by atoms with Crippen LogP contribution in [0.4, 0.5) is 5.69 Å². The number of hydrogen-bond donors (Lipinski definition) is 1. The maximum atomic E-state index is 12.6. The fourth-order valence-corrected chi connectivity index (χ4v) is 4.40. The number of rotatable bonds is 9. The third-order valence-electron chi connectivity index (χ3n) is 5.20. The molecule has 3 rings (SSSR count). The van der Waals surface area contributed by atoms with Gasteiger partial charge >= 0.3 is 0 Å². The van der Waals surface area contributed by atoms with Gasteiger partial charge < -0.3 is 24.6 Å². The van der Waals surface area contributed by atoms with Crippen molar-refractivity contribution in [3.8, 4) is 11.5 Å². The highest BCUT2D eigenvalue weighted by Crippen LogP contribution is 2.36. The van der Waals surface area contributed by atoms with Crippen molar-refractivity contribution in [3.05, 3.63) is 18.2 Å². The standard InChI is InChI=1S/C19H30N4O5S/c1-3-29(25,26)23(16-5-6-17-18(13-16)28-15-27-17)14-19(24)20-7-4-8-22-11-9-21(2)10-12-22/h5-6,13H,3-4,7-12,14-15H2,1-2H3,(H,20,24). The molecule has 9 nitrogen and oxygen atoms in total. The third kappa shape index (κ3) is 5.74. The second-order valence-electron chi connectivity index (χ2n) is 7.29. The molecule has 0 unspecified atom stereocenters. The van der Waals surface area contributed by atoms with Crippen LogP contribution in [0.15, 0.2) is 18.2 Å². The molecule has 29 heavy (non-hydrogen) atoms. The highest BCUT2D eigenvalue weighted by molar-refractivity contribution is 7.92. The maximum Gasteiger partial charge on any atom is 0.240 e. The number of benzene rings is 1. The first-order valence-corrected chi connectivity index (χ1v) is 11.6. The van der Waals surface area contributed by atoms with Gasteiger partial charge in [-0.05, 0) is 39.1 Å². The molecule has 0 aromatic heterocycles. The van der Waals surface area contributed by atoms with Crippen molar-refractivity contribution in [2.24, 2.45) is 0 Å². The van der Waals surface area contributed by atoms with E-state index in [9.17, 15) is 13.2 Å². The SMILES string of the molecule is CCS(=O)(=O)N(CC(=O)NCCCN1CCN(C)CC1)c1ccc2c(c1)OCO2. The number of amides is 1. The van der Waals surface area contributed by atoms with E-state index in [2.05, 4.69) is 22.2 Å². The molecule has 1 amide bonds. The lowest BCUT2D eigenvalue weighted by molar-refractivity contribution is -0.119. The first-order chi connectivity index (χ1) is 13.9. The van der Waals surface area contributed by atoms with Crippen LogP contribution in [0.2, 0.25) is 0 Å². The number of piperazine rings is 1. The Hall–Kier alpha value is -2.04. The number of fused-ring (bicyclic) bond motifs is 1. The van der Waals surface area contributed by atoms with Gasteiger partial charge in [-0.25, -0.2) is 8.42 Å². The largest absolute Gasteiger partial charge is 0.454 e. The second kappa shape index (κ2) is 9.64. The van der Waals surface area contributed by atoms with E-state index in [1.807, 2.05) is 0 Å². The van der Waals surface area contributed by atoms with Crippen molar-refractivity contribution in [2.45, 2.75) is 13.3 Å². The molecule has 1 aromatic rings. The number of hydrogen-bond acceptors (Lipinski definition) is 7. The topological polar surface area (TPSA) is 91.4 Å². The first kappa shape index (κ1) is 21.7. The predicted octanol–water partition coefficient (Wildman–Crippen LogP) is 0.325. The Bertz CT molecular complexity index is 809. The van der Waals surface area contributed by atoms with E-state index in [-0.39, 0.29) is 25.0 Å². The van der Waals surface area contributed by atoms with Gasteiger partial charge in [0.05, 0.1) is 11.4 Å². The van der Waals surface area contributed by atoms with Gasteiger partial charge in [0.2, 0.25) is 22.7 Å². The summed E-state index contributed by atoms with van der Waals surface area (Å²) >= 11 is 0. The quantitative estimate of drug-likeness (QED) is 0.569. The summed E-state index contributed by atoms with van der Waals surface area (Å²) in [5.74, 6) is 0.624. The Balaban J connectivity index is 1.53. The van der Waals surface area contributed by atoms with Gasteiger partial charge in [0.25, 0.3) is 0 Å². The normalized spacial score (nSPS) is 17.3. The predicted molar refractivity (Wildman–Crippen MR) is 111 cm³/mol. The van der Waals surface area contributed by atoms with Crippen molar-refractivity contribution in [3.63, 3.8) is 0 Å². The molecule has 0 spiro atoms. The van der Waals surface area contributed by atoms with Crippen molar-refractivity contribution in [1.29, 1.82) is 0 Å². The van der Waals surface area contributed by atoms with E-state index in [0.29, 0.717) is 23.7 Å². The van der Waals surface area contributed by atoms with Gasteiger partial charge in [0.1, 0.15) is 6.54 Å². The Morgan fingerprint density at radius 3 is 2.62 bits per heavy atom. The van der Waals surface area contributed by atoms with E-state index in [1.165, 1.54) is 0 Å². The molecule has 2 aliphatic rings. The van der Waals surface area contributed by atoms with Crippen LogP contribution in [-0.4, -0.2) is 89.5 Å². The number of likely N-dealkylation sites (N-methyl/N-ethyl adjacent to an activating group) is 1. The van der Waals surface area contributed by atoms with Crippen LogP contribution in [0.25, 0.3) is 0 Å². The molecule has 2 aliphatic heterocycles. The van der Waals surface area contributed by atoms with Gasteiger partial charge in [-0.2, -0.15) is 0 Å². The number of sulfonamides is 1. The summed E-state index contributed by atoms with van der Waals surface area (Å²) in [6.45, 7) is 7.05.